The van der Waals surface area contributed by atoms with Crippen LogP contribution in [0.25, 0.3) is 0 Å². The van der Waals surface area contributed by atoms with Crippen molar-refractivity contribution in [3.05, 3.63) is 11.6 Å². The summed E-state index contributed by atoms with van der Waals surface area (Å²) in [5.41, 5.74) is 0.0916. The normalized spacial score (nSPS) is 31.9. The molecule has 0 aromatic heterocycles. The molecule has 1 aliphatic rings. The minimum absolute atomic E-state index is 0.0610. The molecule has 15 heavy (non-hydrogen) atoms. The summed E-state index contributed by atoms with van der Waals surface area (Å²) in [4.78, 5) is 0. The molecule has 0 amide bonds. The highest BCUT2D eigenvalue weighted by Crippen LogP contribution is 2.42. The van der Waals surface area contributed by atoms with E-state index in [-0.39, 0.29) is 11.2 Å². The van der Waals surface area contributed by atoms with Crippen molar-refractivity contribution >= 4 is 0 Å². The lowest BCUT2D eigenvalue weighted by molar-refractivity contribution is -0.281. The van der Waals surface area contributed by atoms with Crippen LogP contribution in [-0.4, -0.2) is 33.0 Å². The molecular weight excluding hydrogens is 196 g/mol. The fraction of sp³-hybridized carbons (Fsp3) is 0.818. The molecule has 0 aliphatic carbocycles. The second-order valence-corrected chi connectivity index (χ2v) is 4.39. The molecule has 2 unspecified atom stereocenters. The number of ether oxygens (including phenoxy) is 1. The highest BCUT2D eigenvalue weighted by molar-refractivity contribution is 5.06. The topological polar surface area (TPSA) is 73.2 Å². The standard InChI is InChI=1S/C11H20O4/c1-4-9-10(3,15-9)7-5-6-8(2)11(12,13)14/h6,9,12-14H,4-5,7H2,1-3H3/b8-6+. The fourth-order valence-electron chi connectivity index (χ4n) is 1.74. The van der Waals surface area contributed by atoms with E-state index in [1.54, 1.807) is 6.08 Å². The first-order valence-electron chi connectivity index (χ1n) is 5.32. The Hall–Kier alpha value is -0.420. The molecule has 1 aliphatic heterocycles. The van der Waals surface area contributed by atoms with Crippen LogP contribution in [-0.2, 0) is 4.74 Å². The van der Waals surface area contributed by atoms with Crippen LogP contribution in [0.2, 0.25) is 0 Å². The highest BCUT2D eigenvalue weighted by atomic mass is 16.7. The molecule has 4 heteroatoms. The smallest absolute Gasteiger partial charge is 0.299 e. The number of rotatable bonds is 5. The van der Waals surface area contributed by atoms with Crippen molar-refractivity contribution in [2.75, 3.05) is 0 Å². The number of allylic oxidation sites excluding steroid dienone is 1. The molecule has 0 radical (unpaired) electrons. The number of aliphatic hydroxyl groups is 3. The fourth-order valence-corrected chi connectivity index (χ4v) is 1.74. The Morgan fingerprint density at radius 2 is 2.07 bits per heavy atom. The summed E-state index contributed by atoms with van der Waals surface area (Å²) in [6, 6.07) is 0. The molecule has 4 nitrogen and oxygen atoms in total. The van der Waals surface area contributed by atoms with Gasteiger partial charge in [-0.15, -0.1) is 0 Å². The summed E-state index contributed by atoms with van der Waals surface area (Å²) in [5, 5.41) is 26.5. The maximum Gasteiger partial charge on any atom is 0.299 e. The molecular formula is C11H20O4. The predicted octanol–water partition coefficient (Wildman–Crippen LogP) is 0.911. The van der Waals surface area contributed by atoms with Crippen molar-refractivity contribution in [2.24, 2.45) is 0 Å². The maximum atomic E-state index is 8.84. The van der Waals surface area contributed by atoms with Crippen LogP contribution in [0.1, 0.15) is 40.0 Å². The lowest BCUT2D eigenvalue weighted by Crippen LogP contribution is -2.28. The van der Waals surface area contributed by atoms with E-state index in [9.17, 15) is 0 Å². The van der Waals surface area contributed by atoms with Crippen LogP contribution < -0.4 is 0 Å². The van der Waals surface area contributed by atoms with Gasteiger partial charge in [0.15, 0.2) is 0 Å². The van der Waals surface area contributed by atoms with E-state index in [1.807, 2.05) is 0 Å². The van der Waals surface area contributed by atoms with Gasteiger partial charge in [0.25, 0.3) is 5.97 Å². The quantitative estimate of drug-likeness (QED) is 0.363. The molecule has 0 spiro atoms. The highest BCUT2D eigenvalue weighted by Gasteiger charge is 2.49. The largest absolute Gasteiger partial charge is 0.366 e. The van der Waals surface area contributed by atoms with Crippen LogP contribution in [0, 0.1) is 0 Å². The third-order valence-corrected chi connectivity index (χ3v) is 3.03. The zero-order chi connectivity index (χ0) is 11.7. The second-order valence-electron chi connectivity index (χ2n) is 4.39. The van der Waals surface area contributed by atoms with E-state index in [2.05, 4.69) is 13.8 Å². The van der Waals surface area contributed by atoms with Gasteiger partial charge < -0.3 is 20.1 Å². The van der Waals surface area contributed by atoms with Gasteiger partial charge in [0, 0.05) is 5.57 Å². The van der Waals surface area contributed by atoms with Crippen molar-refractivity contribution in [1.29, 1.82) is 0 Å². The van der Waals surface area contributed by atoms with Gasteiger partial charge in [-0.1, -0.05) is 13.0 Å². The van der Waals surface area contributed by atoms with E-state index in [0.29, 0.717) is 12.5 Å². The maximum absolute atomic E-state index is 8.84. The van der Waals surface area contributed by atoms with Crippen LogP contribution in [0.5, 0.6) is 0 Å². The summed E-state index contributed by atoms with van der Waals surface area (Å²) in [6.07, 6.45) is 4.46. The Balaban J connectivity index is 2.34. The lowest BCUT2D eigenvalue weighted by Gasteiger charge is -2.14. The molecule has 1 rings (SSSR count). The third kappa shape index (κ3) is 3.28. The average molecular weight is 216 g/mol. The molecule has 1 heterocycles. The van der Waals surface area contributed by atoms with E-state index in [1.165, 1.54) is 6.92 Å². The number of hydrogen-bond acceptors (Lipinski definition) is 4. The number of epoxide rings is 1. The van der Waals surface area contributed by atoms with Crippen LogP contribution in [0.4, 0.5) is 0 Å². The first-order valence-corrected chi connectivity index (χ1v) is 5.32. The van der Waals surface area contributed by atoms with Crippen molar-refractivity contribution < 1.29 is 20.1 Å². The molecule has 1 fully saturated rings. The van der Waals surface area contributed by atoms with Crippen LogP contribution in [0.15, 0.2) is 11.6 Å². The van der Waals surface area contributed by atoms with E-state index in [0.717, 1.165) is 12.8 Å². The molecule has 88 valence electrons. The Kier molecular flexibility index (Phi) is 3.55. The van der Waals surface area contributed by atoms with Gasteiger partial charge in [-0.3, -0.25) is 0 Å². The van der Waals surface area contributed by atoms with Gasteiger partial charge in [0.2, 0.25) is 0 Å². The second kappa shape index (κ2) is 4.22. The molecule has 3 N–H and O–H groups in total. The van der Waals surface area contributed by atoms with E-state index >= 15 is 0 Å². The molecule has 0 saturated carbocycles. The summed E-state index contributed by atoms with van der Waals surface area (Å²) in [5.74, 6) is -2.69. The minimum Gasteiger partial charge on any atom is -0.366 e. The van der Waals surface area contributed by atoms with Crippen molar-refractivity contribution in [1.82, 2.24) is 0 Å². The summed E-state index contributed by atoms with van der Waals surface area (Å²) in [7, 11) is 0. The van der Waals surface area contributed by atoms with Gasteiger partial charge in [-0.05, 0) is 33.1 Å². The Labute approximate surface area is 90.2 Å². The van der Waals surface area contributed by atoms with Crippen molar-refractivity contribution in [3.8, 4) is 0 Å². The molecule has 0 aromatic carbocycles. The zero-order valence-corrected chi connectivity index (χ0v) is 9.53. The summed E-state index contributed by atoms with van der Waals surface area (Å²) < 4.78 is 5.50. The zero-order valence-electron chi connectivity index (χ0n) is 9.53. The van der Waals surface area contributed by atoms with Crippen molar-refractivity contribution in [2.45, 2.75) is 57.7 Å². The summed E-state index contributed by atoms with van der Waals surface area (Å²) in [6.45, 7) is 5.61. The third-order valence-electron chi connectivity index (χ3n) is 3.03. The van der Waals surface area contributed by atoms with Gasteiger partial charge in [-0.2, -0.15) is 0 Å². The number of hydrogen-bond donors (Lipinski definition) is 3. The Morgan fingerprint density at radius 1 is 1.47 bits per heavy atom. The predicted molar refractivity (Wildman–Crippen MR) is 55.9 cm³/mol. The van der Waals surface area contributed by atoms with E-state index < -0.39 is 5.97 Å². The van der Waals surface area contributed by atoms with E-state index in [4.69, 9.17) is 20.1 Å². The van der Waals surface area contributed by atoms with Gasteiger partial charge >= 0.3 is 0 Å². The summed E-state index contributed by atoms with van der Waals surface area (Å²) >= 11 is 0. The minimum atomic E-state index is -2.69. The molecule has 0 bridgehead atoms. The van der Waals surface area contributed by atoms with Crippen LogP contribution in [0.3, 0.4) is 0 Å². The van der Waals surface area contributed by atoms with Gasteiger partial charge in [0.1, 0.15) is 0 Å². The van der Waals surface area contributed by atoms with Crippen LogP contribution >= 0.6 is 0 Å². The lowest BCUT2D eigenvalue weighted by atomic mass is 9.99. The molecule has 1 saturated heterocycles. The van der Waals surface area contributed by atoms with Crippen molar-refractivity contribution in [3.63, 3.8) is 0 Å². The Bertz CT molecular complexity index is 254. The average Bonchev–Trinajstić information content (AvgIpc) is 2.75. The first kappa shape index (κ1) is 12.6. The van der Waals surface area contributed by atoms with Gasteiger partial charge in [0.05, 0.1) is 11.7 Å². The SMILES string of the molecule is CCC1OC1(C)CC/C=C(\C)C(O)(O)O. The molecule has 2 atom stereocenters. The first-order chi connectivity index (χ1) is 6.79. The van der Waals surface area contributed by atoms with Gasteiger partial charge in [-0.25, -0.2) is 0 Å². The Morgan fingerprint density at radius 3 is 2.47 bits per heavy atom. The monoisotopic (exact) mass is 216 g/mol. The molecule has 0 aromatic rings.